The Morgan fingerprint density at radius 3 is 2.33 bits per heavy atom. The molecule has 0 aliphatic heterocycles. The lowest BCUT2D eigenvalue weighted by Crippen LogP contribution is -2.15. The number of aromatic hydroxyl groups is 1. The average Bonchev–Trinajstić information content (AvgIpc) is 1.92. The van der Waals surface area contributed by atoms with Crippen LogP contribution in [-0.2, 0) is 5.60 Å². The topological polar surface area (TPSA) is 40.5 Å². The van der Waals surface area contributed by atoms with Gasteiger partial charge in [0.15, 0.2) is 0 Å². The van der Waals surface area contributed by atoms with Crippen LogP contribution in [0.2, 0.25) is 0 Å². The number of aliphatic hydroxyl groups is 1. The van der Waals surface area contributed by atoms with Gasteiger partial charge >= 0.3 is 0 Å². The monoisotopic (exact) mass is 230 g/mol. The van der Waals surface area contributed by atoms with Crippen molar-refractivity contribution in [3.8, 4) is 5.75 Å². The molecule has 0 radical (unpaired) electrons. The summed E-state index contributed by atoms with van der Waals surface area (Å²) in [6.07, 6.45) is 0. The van der Waals surface area contributed by atoms with E-state index < -0.39 is 5.60 Å². The molecule has 3 heteroatoms. The van der Waals surface area contributed by atoms with Crippen molar-refractivity contribution < 1.29 is 10.2 Å². The van der Waals surface area contributed by atoms with Crippen LogP contribution in [0.4, 0.5) is 0 Å². The maximum atomic E-state index is 9.61. The Bertz CT molecular complexity index is 289. The second-order valence-electron chi connectivity index (χ2n) is 3.22. The SMILES string of the molecule is CC(C)(O)c1cc(Br)ccc1O. The summed E-state index contributed by atoms with van der Waals surface area (Å²) < 4.78 is 0.845. The van der Waals surface area contributed by atoms with Gasteiger partial charge in [-0.05, 0) is 32.0 Å². The molecule has 12 heavy (non-hydrogen) atoms. The van der Waals surface area contributed by atoms with Crippen LogP contribution in [-0.4, -0.2) is 10.2 Å². The van der Waals surface area contributed by atoms with E-state index in [0.717, 1.165) is 4.47 Å². The van der Waals surface area contributed by atoms with Gasteiger partial charge in [-0.2, -0.15) is 0 Å². The fourth-order valence-corrected chi connectivity index (χ4v) is 1.36. The highest BCUT2D eigenvalue weighted by atomic mass is 79.9. The first kappa shape index (κ1) is 9.55. The van der Waals surface area contributed by atoms with Crippen LogP contribution < -0.4 is 0 Å². The summed E-state index contributed by atoms with van der Waals surface area (Å²) in [5.74, 6) is 0.116. The first-order chi connectivity index (χ1) is 5.41. The predicted molar refractivity (Wildman–Crippen MR) is 51.1 cm³/mol. The normalized spacial score (nSPS) is 11.7. The van der Waals surface area contributed by atoms with Gasteiger partial charge < -0.3 is 10.2 Å². The molecular formula is C9H11BrO2. The molecule has 0 saturated heterocycles. The third-order valence-corrected chi connectivity index (χ3v) is 2.11. The minimum atomic E-state index is -1.01. The Kier molecular flexibility index (Phi) is 2.44. The van der Waals surface area contributed by atoms with Gasteiger partial charge in [0, 0.05) is 10.0 Å². The van der Waals surface area contributed by atoms with Crippen molar-refractivity contribution in [3.63, 3.8) is 0 Å². The molecule has 0 aromatic heterocycles. The zero-order chi connectivity index (χ0) is 9.35. The summed E-state index contributed by atoms with van der Waals surface area (Å²) in [6, 6.07) is 4.98. The van der Waals surface area contributed by atoms with Crippen molar-refractivity contribution in [3.05, 3.63) is 28.2 Å². The van der Waals surface area contributed by atoms with Gasteiger partial charge in [-0.3, -0.25) is 0 Å². The molecule has 0 unspecified atom stereocenters. The Hall–Kier alpha value is -0.540. The highest BCUT2D eigenvalue weighted by molar-refractivity contribution is 9.10. The van der Waals surface area contributed by atoms with E-state index in [1.54, 1.807) is 32.0 Å². The quantitative estimate of drug-likeness (QED) is 0.778. The van der Waals surface area contributed by atoms with Crippen LogP contribution in [0.5, 0.6) is 5.75 Å². The molecule has 0 amide bonds. The molecule has 0 fully saturated rings. The van der Waals surface area contributed by atoms with Crippen molar-refractivity contribution >= 4 is 15.9 Å². The van der Waals surface area contributed by atoms with E-state index in [-0.39, 0.29) is 5.75 Å². The molecule has 1 rings (SSSR count). The minimum absolute atomic E-state index is 0.116. The van der Waals surface area contributed by atoms with E-state index >= 15 is 0 Å². The summed E-state index contributed by atoms with van der Waals surface area (Å²) in [7, 11) is 0. The summed E-state index contributed by atoms with van der Waals surface area (Å²) >= 11 is 3.27. The average molecular weight is 231 g/mol. The highest BCUT2D eigenvalue weighted by Gasteiger charge is 2.19. The molecule has 2 N–H and O–H groups in total. The molecule has 2 nitrogen and oxygen atoms in total. The lowest BCUT2D eigenvalue weighted by atomic mass is 9.98. The van der Waals surface area contributed by atoms with Crippen LogP contribution in [0.25, 0.3) is 0 Å². The number of hydrogen-bond acceptors (Lipinski definition) is 2. The number of phenols is 1. The summed E-state index contributed by atoms with van der Waals surface area (Å²) in [5.41, 5.74) is -0.481. The number of halogens is 1. The maximum absolute atomic E-state index is 9.61. The zero-order valence-electron chi connectivity index (χ0n) is 7.00. The molecule has 0 saturated carbocycles. The van der Waals surface area contributed by atoms with E-state index in [2.05, 4.69) is 15.9 Å². The van der Waals surface area contributed by atoms with Gasteiger partial charge in [0.1, 0.15) is 5.75 Å². The second-order valence-corrected chi connectivity index (χ2v) is 4.14. The molecule has 0 aliphatic carbocycles. The van der Waals surface area contributed by atoms with Gasteiger partial charge in [-0.15, -0.1) is 0 Å². The third kappa shape index (κ3) is 1.99. The van der Waals surface area contributed by atoms with Crippen molar-refractivity contribution in [1.82, 2.24) is 0 Å². The predicted octanol–water partition coefficient (Wildman–Crippen LogP) is 2.38. The first-order valence-electron chi connectivity index (χ1n) is 3.62. The van der Waals surface area contributed by atoms with Crippen molar-refractivity contribution in [1.29, 1.82) is 0 Å². The molecule has 1 aromatic carbocycles. The van der Waals surface area contributed by atoms with Crippen LogP contribution in [0.15, 0.2) is 22.7 Å². The van der Waals surface area contributed by atoms with Crippen molar-refractivity contribution in [2.75, 3.05) is 0 Å². The van der Waals surface area contributed by atoms with Gasteiger partial charge in [-0.25, -0.2) is 0 Å². The lowest BCUT2D eigenvalue weighted by molar-refractivity contribution is 0.0758. The molecule has 0 spiro atoms. The zero-order valence-corrected chi connectivity index (χ0v) is 8.59. The van der Waals surface area contributed by atoms with Gasteiger partial charge in [0.05, 0.1) is 5.60 Å². The van der Waals surface area contributed by atoms with Crippen LogP contribution in [0, 0.1) is 0 Å². The van der Waals surface area contributed by atoms with E-state index in [9.17, 15) is 10.2 Å². The fraction of sp³-hybridized carbons (Fsp3) is 0.333. The number of benzene rings is 1. The molecular weight excluding hydrogens is 220 g/mol. The van der Waals surface area contributed by atoms with Gasteiger partial charge in [-0.1, -0.05) is 15.9 Å². The van der Waals surface area contributed by atoms with Crippen molar-refractivity contribution in [2.24, 2.45) is 0 Å². The Balaban J connectivity index is 3.23. The smallest absolute Gasteiger partial charge is 0.121 e. The van der Waals surface area contributed by atoms with E-state index in [0.29, 0.717) is 5.56 Å². The van der Waals surface area contributed by atoms with E-state index in [4.69, 9.17) is 0 Å². The first-order valence-corrected chi connectivity index (χ1v) is 4.42. The number of rotatable bonds is 1. The standard InChI is InChI=1S/C9H11BrO2/c1-9(2,12)7-5-6(10)3-4-8(7)11/h3-5,11-12H,1-2H3. The summed E-state index contributed by atoms with van der Waals surface area (Å²) in [4.78, 5) is 0. The lowest BCUT2D eigenvalue weighted by Gasteiger charge is -2.19. The maximum Gasteiger partial charge on any atom is 0.121 e. The highest BCUT2D eigenvalue weighted by Crippen LogP contribution is 2.30. The molecule has 0 heterocycles. The van der Waals surface area contributed by atoms with Crippen LogP contribution in [0.3, 0.4) is 0 Å². The molecule has 66 valence electrons. The molecule has 0 aliphatic rings. The van der Waals surface area contributed by atoms with E-state index in [1.165, 1.54) is 0 Å². The van der Waals surface area contributed by atoms with E-state index in [1.807, 2.05) is 0 Å². The fourth-order valence-electron chi connectivity index (χ4n) is 0.998. The Labute approximate surface area is 80.0 Å². The number of hydrogen-bond donors (Lipinski definition) is 2. The molecule has 1 aromatic rings. The third-order valence-electron chi connectivity index (χ3n) is 1.62. The van der Waals surface area contributed by atoms with Crippen LogP contribution >= 0.6 is 15.9 Å². The van der Waals surface area contributed by atoms with Gasteiger partial charge in [0.25, 0.3) is 0 Å². The van der Waals surface area contributed by atoms with Crippen molar-refractivity contribution in [2.45, 2.75) is 19.4 Å². The molecule has 0 bridgehead atoms. The number of phenolic OH excluding ortho intramolecular Hbond substituents is 1. The second kappa shape index (κ2) is 3.07. The Morgan fingerprint density at radius 1 is 1.33 bits per heavy atom. The summed E-state index contributed by atoms with van der Waals surface area (Å²) in [6.45, 7) is 3.27. The molecule has 0 atom stereocenters. The van der Waals surface area contributed by atoms with Gasteiger partial charge in [0.2, 0.25) is 0 Å². The summed E-state index contributed by atoms with van der Waals surface area (Å²) in [5, 5.41) is 19.0. The minimum Gasteiger partial charge on any atom is -0.508 e. The Morgan fingerprint density at radius 2 is 1.92 bits per heavy atom. The largest absolute Gasteiger partial charge is 0.508 e. The van der Waals surface area contributed by atoms with Crippen LogP contribution in [0.1, 0.15) is 19.4 Å².